The largest absolute Gasteiger partial charge is 0.328 e. The zero-order chi connectivity index (χ0) is 19.3. The fraction of sp³-hybridized carbons (Fsp3) is 0.273. The third-order valence-electron chi connectivity index (χ3n) is 5.58. The van der Waals surface area contributed by atoms with Crippen LogP contribution in [-0.2, 0) is 0 Å². The molecule has 1 fully saturated rings. The first-order valence-corrected chi connectivity index (χ1v) is 9.06. The number of nitrogens with two attached hydrogens (primary N) is 1. The van der Waals surface area contributed by atoms with E-state index in [-0.39, 0.29) is 23.5 Å². The van der Waals surface area contributed by atoms with Gasteiger partial charge in [-0.3, -0.25) is 0 Å². The highest BCUT2D eigenvalue weighted by Gasteiger charge is 2.29. The van der Waals surface area contributed by atoms with E-state index in [0.717, 1.165) is 30.9 Å². The van der Waals surface area contributed by atoms with Gasteiger partial charge in [0.25, 0.3) is 0 Å². The van der Waals surface area contributed by atoms with Gasteiger partial charge in [-0.25, -0.2) is 13.2 Å². The molecule has 1 aliphatic heterocycles. The third-order valence-corrected chi connectivity index (χ3v) is 5.58. The van der Waals surface area contributed by atoms with E-state index in [2.05, 4.69) is 6.58 Å². The van der Waals surface area contributed by atoms with E-state index >= 15 is 0 Å². The molecule has 2 N–H and O–H groups in total. The summed E-state index contributed by atoms with van der Waals surface area (Å²) in [7, 11) is 0. The average Bonchev–Trinajstić information content (AvgIpc) is 3.04. The SMILES string of the molecule is C=C1C(C)=CN(c2ccc(F)cc2F)c2cc(C3CCC(N)C3)c(F)cc21. The van der Waals surface area contributed by atoms with Gasteiger partial charge in [0.1, 0.15) is 17.5 Å². The Hall–Kier alpha value is -2.53. The van der Waals surface area contributed by atoms with E-state index in [1.807, 2.05) is 6.92 Å². The lowest BCUT2D eigenvalue weighted by atomic mass is 9.89. The summed E-state index contributed by atoms with van der Waals surface area (Å²) in [5, 5.41) is 0. The number of hydrogen-bond donors (Lipinski definition) is 1. The van der Waals surface area contributed by atoms with Crippen molar-refractivity contribution in [3.8, 4) is 0 Å². The summed E-state index contributed by atoms with van der Waals surface area (Å²) in [4.78, 5) is 1.64. The molecule has 0 bridgehead atoms. The summed E-state index contributed by atoms with van der Waals surface area (Å²) in [5.74, 6) is -1.56. The van der Waals surface area contributed by atoms with Gasteiger partial charge in [0.05, 0.1) is 11.4 Å². The summed E-state index contributed by atoms with van der Waals surface area (Å²) in [6.45, 7) is 5.88. The number of halogens is 3. The second-order valence-corrected chi connectivity index (χ2v) is 7.42. The summed E-state index contributed by atoms with van der Waals surface area (Å²) < 4.78 is 42.7. The molecule has 0 radical (unpaired) electrons. The maximum Gasteiger partial charge on any atom is 0.150 e. The van der Waals surface area contributed by atoms with Gasteiger partial charge in [0.2, 0.25) is 0 Å². The van der Waals surface area contributed by atoms with E-state index in [9.17, 15) is 13.2 Å². The van der Waals surface area contributed by atoms with E-state index in [1.165, 1.54) is 18.2 Å². The monoisotopic (exact) mass is 370 g/mol. The molecule has 2 aliphatic rings. The lowest BCUT2D eigenvalue weighted by molar-refractivity contribution is 0.575. The highest BCUT2D eigenvalue weighted by atomic mass is 19.1. The smallest absolute Gasteiger partial charge is 0.150 e. The minimum absolute atomic E-state index is 0.0467. The molecule has 2 nitrogen and oxygen atoms in total. The van der Waals surface area contributed by atoms with Crippen LogP contribution in [0.2, 0.25) is 0 Å². The van der Waals surface area contributed by atoms with Crippen LogP contribution in [0.15, 0.2) is 48.7 Å². The molecule has 2 atom stereocenters. The van der Waals surface area contributed by atoms with E-state index in [0.29, 0.717) is 22.4 Å². The Morgan fingerprint density at radius 3 is 2.48 bits per heavy atom. The quantitative estimate of drug-likeness (QED) is 0.727. The molecule has 140 valence electrons. The lowest BCUT2D eigenvalue weighted by Crippen LogP contribution is -2.19. The predicted molar refractivity (Wildman–Crippen MR) is 102 cm³/mol. The molecule has 0 spiro atoms. The van der Waals surface area contributed by atoms with Gasteiger partial charge in [0.15, 0.2) is 0 Å². The summed E-state index contributed by atoms with van der Waals surface area (Å²) in [6, 6.07) is 6.77. The molecule has 4 rings (SSSR count). The standard InChI is InChI=1S/C22H21F3N2/c1-12-11-27(21-6-4-15(23)8-20(21)25)22-10-18(14-3-5-16(26)7-14)19(24)9-17(22)13(12)2/h4,6,8-11,14,16H,2-3,5,7,26H2,1H3. The van der Waals surface area contributed by atoms with Crippen LogP contribution in [0.1, 0.15) is 43.2 Å². The highest BCUT2D eigenvalue weighted by Crippen LogP contribution is 2.45. The maximum absolute atomic E-state index is 14.9. The Morgan fingerprint density at radius 2 is 1.81 bits per heavy atom. The minimum Gasteiger partial charge on any atom is -0.328 e. The molecular weight excluding hydrogens is 349 g/mol. The molecule has 1 heterocycles. The Bertz CT molecular complexity index is 964. The fourth-order valence-corrected chi connectivity index (χ4v) is 4.06. The summed E-state index contributed by atoms with van der Waals surface area (Å²) >= 11 is 0. The Kier molecular flexibility index (Phi) is 4.35. The first-order valence-electron chi connectivity index (χ1n) is 9.06. The molecule has 0 saturated heterocycles. The molecular formula is C22H21F3N2. The topological polar surface area (TPSA) is 29.3 Å². The number of rotatable bonds is 2. The van der Waals surface area contributed by atoms with Crippen LogP contribution in [0.5, 0.6) is 0 Å². The zero-order valence-electron chi connectivity index (χ0n) is 15.1. The predicted octanol–water partition coefficient (Wildman–Crippen LogP) is 5.77. The fourth-order valence-electron chi connectivity index (χ4n) is 4.06. The molecule has 0 aromatic heterocycles. The van der Waals surface area contributed by atoms with Crippen LogP contribution < -0.4 is 10.6 Å². The van der Waals surface area contributed by atoms with Crippen molar-refractivity contribution in [2.45, 2.75) is 38.1 Å². The molecule has 2 aromatic rings. The normalized spacial score (nSPS) is 22.0. The summed E-state index contributed by atoms with van der Waals surface area (Å²) in [5.41, 5.74) is 9.55. The Balaban J connectivity index is 1.87. The first kappa shape index (κ1) is 17.9. The molecule has 1 aliphatic carbocycles. The number of allylic oxidation sites excluding steroid dienone is 2. The van der Waals surface area contributed by atoms with Gasteiger partial charge in [-0.05, 0) is 73.1 Å². The van der Waals surface area contributed by atoms with Crippen molar-refractivity contribution in [3.05, 3.63) is 77.3 Å². The first-order chi connectivity index (χ1) is 12.8. The van der Waals surface area contributed by atoms with E-state index in [4.69, 9.17) is 5.73 Å². The molecule has 2 aromatic carbocycles. The van der Waals surface area contributed by atoms with E-state index in [1.54, 1.807) is 17.2 Å². The van der Waals surface area contributed by atoms with Crippen molar-refractivity contribution in [1.29, 1.82) is 0 Å². The Labute approximate surface area is 156 Å². The van der Waals surface area contributed by atoms with E-state index < -0.39 is 11.6 Å². The lowest BCUT2D eigenvalue weighted by Gasteiger charge is -2.31. The molecule has 5 heteroatoms. The number of benzene rings is 2. The number of anilines is 2. The van der Waals surface area contributed by atoms with Crippen LogP contribution in [0.3, 0.4) is 0 Å². The summed E-state index contributed by atoms with van der Waals surface area (Å²) in [6.07, 6.45) is 4.18. The van der Waals surface area contributed by atoms with Crippen molar-refractivity contribution in [1.82, 2.24) is 0 Å². The van der Waals surface area contributed by atoms with Crippen molar-refractivity contribution in [3.63, 3.8) is 0 Å². The number of fused-ring (bicyclic) bond motifs is 1. The van der Waals surface area contributed by atoms with Crippen molar-refractivity contribution >= 4 is 16.9 Å². The van der Waals surface area contributed by atoms with Crippen molar-refractivity contribution in [2.75, 3.05) is 4.90 Å². The average molecular weight is 370 g/mol. The Morgan fingerprint density at radius 1 is 1.04 bits per heavy atom. The second-order valence-electron chi connectivity index (χ2n) is 7.42. The van der Waals surface area contributed by atoms with Crippen molar-refractivity contribution in [2.24, 2.45) is 5.73 Å². The molecule has 27 heavy (non-hydrogen) atoms. The maximum atomic E-state index is 14.9. The third kappa shape index (κ3) is 3.06. The van der Waals surface area contributed by atoms with Gasteiger partial charge in [0, 0.05) is 23.9 Å². The van der Waals surface area contributed by atoms with Crippen LogP contribution >= 0.6 is 0 Å². The second kappa shape index (κ2) is 6.57. The minimum atomic E-state index is -0.675. The molecule has 2 unspecified atom stereocenters. The van der Waals surface area contributed by atoms with Gasteiger partial charge in [-0.2, -0.15) is 0 Å². The van der Waals surface area contributed by atoms with Crippen molar-refractivity contribution < 1.29 is 13.2 Å². The molecule has 1 saturated carbocycles. The number of hydrogen-bond acceptors (Lipinski definition) is 2. The van der Waals surface area contributed by atoms with Crippen LogP contribution in [-0.4, -0.2) is 6.04 Å². The van der Waals surface area contributed by atoms with Gasteiger partial charge in [-0.15, -0.1) is 0 Å². The highest BCUT2D eigenvalue weighted by molar-refractivity contribution is 5.91. The molecule has 0 amide bonds. The van der Waals surface area contributed by atoms with Crippen LogP contribution in [0, 0.1) is 17.5 Å². The van der Waals surface area contributed by atoms with Gasteiger partial charge < -0.3 is 10.6 Å². The van der Waals surface area contributed by atoms with Gasteiger partial charge >= 0.3 is 0 Å². The van der Waals surface area contributed by atoms with Gasteiger partial charge in [-0.1, -0.05) is 6.58 Å². The zero-order valence-corrected chi connectivity index (χ0v) is 15.1. The van der Waals surface area contributed by atoms with Crippen LogP contribution in [0.4, 0.5) is 24.5 Å². The van der Waals surface area contributed by atoms with Crippen LogP contribution in [0.25, 0.3) is 5.57 Å². The number of nitrogens with zero attached hydrogens (tertiary/aromatic N) is 1.